The quantitative estimate of drug-likeness (QED) is 0.646. The Hall–Kier alpha value is -0.570. The lowest BCUT2D eigenvalue weighted by molar-refractivity contribution is -0.150. The van der Waals surface area contributed by atoms with Gasteiger partial charge in [-0.25, -0.2) is 0 Å². The summed E-state index contributed by atoms with van der Waals surface area (Å²) in [5.41, 5.74) is 0. The summed E-state index contributed by atoms with van der Waals surface area (Å²) in [6, 6.07) is 0. The molecule has 0 aliphatic rings. The molecule has 0 aromatic carbocycles. The van der Waals surface area contributed by atoms with Gasteiger partial charge in [-0.2, -0.15) is 0 Å². The Kier molecular flexibility index (Phi) is 6.59. The van der Waals surface area contributed by atoms with Crippen LogP contribution < -0.4 is 0 Å². The van der Waals surface area contributed by atoms with E-state index in [9.17, 15) is 4.79 Å². The summed E-state index contributed by atoms with van der Waals surface area (Å²) in [6.07, 6.45) is 2.44. The van der Waals surface area contributed by atoms with Crippen LogP contribution in [-0.2, 0) is 9.53 Å². The van der Waals surface area contributed by atoms with E-state index in [2.05, 4.69) is 6.92 Å². The van der Waals surface area contributed by atoms with Crippen LogP contribution in [0.3, 0.4) is 0 Å². The Bertz CT molecular complexity index is 143. The molecule has 0 spiro atoms. The van der Waals surface area contributed by atoms with E-state index in [0.29, 0.717) is 0 Å². The van der Waals surface area contributed by atoms with Crippen molar-refractivity contribution in [1.29, 1.82) is 0 Å². The van der Waals surface area contributed by atoms with Gasteiger partial charge in [0.25, 0.3) is 0 Å². The van der Waals surface area contributed by atoms with Crippen LogP contribution in [0.1, 0.15) is 40.0 Å². The number of unbranched alkanes of at least 4 members (excludes halogenated alkanes) is 1. The Morgan fingerprint density at radius 2 is 2.08 bits per heavy atom. The molecule has 2 unspecified atom stereocenters. The van der Waals surface area contributed by atoms with Crippen LogP contribution in [0.15, 0.2) is 0 Å². The van der Waals surface area contributed by atoms with E-state index in [4.69, 9.17) is 9.84 Å². The number of esters is 1. The van der Waals surface area contributed by atoms with E-state index in [1.54, 1.807) is 6.92 Å². The Labute approximate surface area is 80.1 Å². The number of carbonyl (C=O) groups is 1. The lowest BCUT2D eigenvalue weighted by atomic mass is 10.1. The molecule has 0 aromatic rings. The van der Waals surface area contributed by atoms with Gasteiger partial charge < -0.3 is 9.84 Å². The Morgan fingerprint density at radius 1 is 1.46 bits per heavy atom. The number of hydrogen-bond acceptors (Lipinski definition) is 3. The minimum absolute atomic E-state index is 0.0429. The van der Waals surface area contributed by atoms with Gasteiger partial charge in [-0.05, 0) is 13.3 Å². The summed E-state index contributed by atoms with van der Waals surface area (Å²) >= 11 is 0. The molecule has 0 bridgehead atoms. The number of hydrogen-bond donors (Lipinski definition) is 1. The van der Waals surface area contributed by atoms with Crippen molar-refractivity contribution in [2.45, 2.75) is 46.1 Å². The number of aliphatic hydroxyl groups is 1. The number of carbonyl (C=O) groups excluding carboxylic acids is 1. The van der Waals surface area contributed by atoms with Gasteiger partial charge in [0.05, 0.1) is 12.0 Å². The maximum atomic E-state index is 11.2. The SMILES string of the molecule is CCCCC(C)C(=O)OCC(C)O. The largest absolute Gasteiger partial charge is 0.463 e. The van der Waals surface area contributed by atoms with Crippen LogP contribution >= 0.6 is 0 Å². The second-order valence-corrected chi connectivity index (χ2v) is 3.52. The van der Waals surface area contributed by atoms with Gasteiger partial charge in [0.15, 0.2) is 0 Å². The van der Waals surface area contributed by atoms with Crippen LogP contribution in [0, 0.1) is 5.92 Å². The zero-order valence-electron chi connectivity index (χ0n) is 8.75. The van der Waals surface area contributed by atoms with E-state index in [-0.39, 0.29) is 18.5 Å². The van der Waals surface area contributed by atoms with Gasteiger partial charge in [0, 0.05) is 0 Å². The first-order valence-corrected chi connectivity index (χ1v) is 4.92. The van der Waals surface area contributed by atoms with Gasteiger partial charge in [0.1, 0.15) is 6.61 Å². The normalized spacial score (nSPS) is 15.1. The first-order valence-electron chi connectivity index (χ1n) is 4.92. The maximum absolute atomic E-state index is 11.2. The topological polar surface area (TPSA) is 46.5 Å². The molecule has 0 radical (unpaired) electrons. The fraction of sp³-hybridized carbons (Fsp3) is 0.900. The molecule has 78 valence electrons. The van der Waals surface area contributed by atoms with Gasteiger partial charge in [-0.15, -0.1) is 0 Å². The molecule has 0 rings (SSSR count). The molecule has 13 heavy (non-hydrogen) atoms. The molecule has 0 aliphatic carbocycles. The number of rotatable bonds is 6. The zero-order valence-corrected chi connectivity index (χ0v) is 8.75. The van der Waals surface area contributed by atoms with Crippen molar-refractivity contribution in [3.63, 3.8) is 0 Å². The van der Waals surface area contributed by atoms with E-state index in [1.165, 1.54) is 0 Å². The fourth-order valence-corrected chi connectivity index (χ4v) is 0.973. The van der Waals surface area contributed by atoms with Crippen LogP contribution in [0.5, 0.6) is 0 Å². The lowest BCUT2D eigenvalue weighted by Gasteiger charge is -2.11. The molecule has 0 amide bonds. The van der Waals surface area contributed by atoms with Crippen molar-refractivity contribution in [2.24, 2.45) is 5.92 Å². The highest BCUT2D eigenvalue weighted by Gasteiger charge is 2.13. The van der Waals surface area contributed by atoms with Crippen LogP contribution in [-0.4, -0.2) is 23.8 Å². The highest BCUT2D eigenvalue weighted by atomic mass is 16.5. The first kappa shape index (κ1) is 12.4. The minimum atomic E-state index is -0.567. The summed E-state index contributed by atoms with van der Waals surface area (Å²) < 4.78 is 4.87. The van der Waals surface area contributed by atoms with Crippen molar-refractivity contribution >= 4 is 5.97 Å². The van der Waals surface area contributed by atoms with Crippen molar-refractivity contribution in [2.75, 3.05) is 6.61 Å². The summed E-state index contributed by atoms with van der Waals surface area (Å²) in [4.78, 5) is 11.2. The third-order valence-electron chi connectivity index (χ3n) is 1.86. The molecule has 1 N–H and O–H groups in total. The average molecular weight is 188 g/mol. The third-order valence-corrected chi connectivity index (χ3v) is 1.86. The van der Waals surface area contributed by atoms with Crippen molar-refractivity contribution in [1.82, 2.24) is 0 Å². The first-order chi connectivity index (χ1) is 6.07. The average Bonchev–Trinajstić information content (AvgIpc) is 2.10. The molecule has 0 saturated heterocycles. The van der Waals surface area contributed by atoms with Crippen LogP contribution in [0.2, 0.25) is 0 Å². The molecule has 0 aromatic heterocycles. The summed E-state index contributed by atoms with van der Waals surface area (Å²) in [7, 11) is 0. The predicted molar refractivity (Wildman–Crippen MR) is 51.3 cm³/mol. The second kappa shape index (κ2) is 6.89. The molecule has 2 atom stereocenters. The van der Waals surface area contributed by atoms with E-state index < -0.39 is 6.10 Å². The van der Waals surface area contributed by atoms with Crippen molar-refractivity contribution in [3.05, 3.63) is 0 Å². The molecule has 3 heteroatoms. The molecular weight excluding hydrogens is 168 g/mol. The molecule has 0 aliphatic heterocycles. The molecule has 0 heterocycles. The molecule has 0 fully saturated rings. The van der Waals surface area contributed by atoms with Gasteiger partial charge in [0.2, 0.25) is 0 Å². The van der Waals surface area contributed by atoms with Crippen molar-refractivity contribution < 1.29 is 14.6 Å². The van der Waals surface area contributed by atoms with E-state index >= 15 is 0 Å². The molecular formula is C10H20O3. The van der Waals surface area contributed by atoms with Crippen molar-refractivity contribution in [3.8, 4) is 0 Å². The summed E-state index contributed by atoms with van der Waals surface area (Å²) in [5, 5.41) is 8.88. The second-order valence-electron chi connectivity index (χ2n) is 3.52. The predicted octanol–water partition coefficient (Wildman–Crippen LogP) is 1.74. The Balaban J connectivity index is 3.57. The summed E-state index contributed by atoms with van der Waals surface area (Å²) in [5.74, 6) is -0.243. The Morgan fingerprint density at radius 3 is 2.54 bits per heavy atom. The molecule has 3 nitrogen and oxygen atoms in total. The van der Waals surface area contributed by atoms with Crippen LogP contribution in [0.4, 0.5) is 0 Å². The zero-order chi connectivity index (χ0) is 10.3. The number of ether oxygens (including phenoxy) is 1. The standard InChI is InChI=1S/C10H20O3/c1-4-5-6-8(2)10(12)13-7-9(3)11/h8-9,11H,4-7H2,1-3H3. The van der Waals surface area contributed by atoms with E-state index in [1.807, 2.05) is 6.92 Å². The highest BCUT2D eigenvalue weighted by molar-refractivity contribution is 5.71. The fourth-order valence-electron chi connectivity index (χ4n) is 0.973. The monoisotopic (exact) mass is 188 g/mol. The van der Waals surface area contributed by atoms with E-state index in [0.717, 1.165) is 19.3 Å². The minimum Gasteiger partial charge on any atom is -0.463 e. The van der Waals surface area contributed by atoms with Crippen LogP contribution in [0.25, 0.3) is 0 Å². The molecule has 0 saturated carbocycles. The van der Waals surface area contributed by atoms with Gasteiger partial charge >= 0.3 is 5.97 Å². The lowest BCUT2D eigenvalue weighted by Crippen LogP contribution is -2.20. The highest BCUT2D eigenvalue weighted by Crippen LogP contribution is 2.09. The smallest absolute Gasteiger partial charge is 0.308 e. The van der Waals surface area contributed by atoms with Gasteiger partial charge in [-0.1, -0.05) is 26.7 Å². The maximum Gasteiger partial charge on any atom is 0.308 e. The summed E-state index contributed by atoms with van der Waals surface area (Å²) in [6.45, 7) is 5.66. The number of aliphatic hydroxyl groups excluding tert-OH is 1. The third kappa shape index (κ3) is 6.58. The van der Waals surface area contributed by atoms with Gasteiger partial charge in [-0.3, -0.25) is 4.79 Å².